The molecule has 1 aliphatic carbocycles. The van der Waals surface area contributed by atoms with Crippen molar-refractivity contribution in [3.8, 4) is 28.5 Å². The van der Waals surface area contributed by atoms with Gasteiger partial charge in [-0.25, -0.2) is 4.98 Å². The molecule has 0 aliphatic heterocycles. The summed E-state index contributed by atoms with van der Waals surface area (Å²) in [6, 6.07) is 15.4. The molecule has 5 nitrogen and oxygen atoms in total. The summed E-state index contributed by atoms with van der Waals surface area (Å²) in [6.45, 7) is 2.58. The van der Waals surface area contributed by atoms with Gasteiger partial charge in [-0.05, 0) is 56.2 Å². The summed E-state index contributed by atoms with van der Waals surface area (Å²) in [6.07, 6.45) is 3.78. The average molecular weight is 348 g/mol. The number of carbonyl (C=O) groups excluding carboxylic acids is 1. The Balaban J connectivity index is 1.60. The lowest BCUT2D eigenvalue weighted by atomic mass is 10.1. The predicted molar refractivity (Wildman–Crippen MR) is 99.0 cm³/mol. The number of nitrogens with one attached hydrogen (secondary N) is 1. The average Bonchev–Trinajstić information content (AvgIpc) is 3.35. The van der Waals surface area contributed by atoms with Crippen LogP contribution < -0.4 is 10.1 Å². The predicted octanol–water partition coefficient (Wildman–Crippen LogP) is 4.30. The lowest BCUT2D eigenvalue weighted by Gasteiger charge is -2.07. The standard InChI is InChI=1S/C21H20N2O3/c1-2-25-16-11-7-14(8-12-16)19-13-22-21(26-19)18-6-4-3-5-17(18)20(24)23-15-9-10-15/h3-8,11-13,15H,2,9-10H2,1H3,(H,23,24). The Bertz CT molecular complexity index is 911. The molecule has 132 valence electrons. The number of hydrogen-bond acceptors (Lipinski definition) is 4. The molecule has 1 aromatic heterocycles. The molecule has 4 rings (SSSR count). The Morgan fingerprint density at radius 1 is 1.19 bits per heavy atom. The maximum Gasteiger partial charge on any atom is 0.252 e. The van der Waals surface area contributed by atoms with Gasteiger partial charge in [0.1, 0.15) is 5.75 Å². The number of rotatable bonds is 6. The molecule has 0 unspecified atom stereocenters. The van der Waals surface area contributed by atoms with E-state index < -0.39 is 0 Å². The molecule has 0 atom stereocenters. The summed E-state index contributed by atoms with van der Waals surface area (Å²) in [5.41, 5.74) is 2.19. The lowest BCUT2D eigenvalue weighted by molar-refractivity contribution is 0.0951. The fourth-order valence-electron chi connectivity index (χ4n) is 2.77. The first-order chi connectivity index (χ1) is 12.7. The normalized spacial score (nSPS) is 13.4. The highest BCUT2D eigenvalue weighted by atomic mass is 16.5. The summed E-state index contributed by atoms with van der Waals surface area (Å²) in [5, 5.41) is 3.01. The molecule has 1 fully saturated rings. The van der Waals surface area contributed by atoms with E-state index in [1.54, 1.807) is 12.3 Å². The van der Waals surface area contributed by atoms with E-state index in [1.807, 2.05) is 49.4 Å². The summed E-state index contributed by atoms with van der Waals surface area (Å²) in [7, 11) is 0. The van der Waals surface area contributed by atoms with Crippen molar-refractivity contribution in [1.82, 2.24) is 10.3 Å². The van der Waals surface area contributed by atoms with Gasteiger partial charge >= 0.3 is 0 Å². The first-order valence-corrected chi connectivity index (χ1v) is 8.84. The highest BCUT2D eigenvalue weighted by Crippen LogP contribution is 2.29. The molecule has 1 aliphatic rings. The van der Waals surface area contributed by atoms with Crippen molar-refractivity contribution in [3.63, 3.8) is 0 Å². The van der Waals surface area contributed by atoms with Crippen LogP contribution in [0.3, 0.4) is 0 Å². The van der Waals surface area contributed by atoms with E-state index in [0.29, 0.717) is 35.4 Å². The van der Waals surface area contributed by atoms with Crippen LogP contribution >= 0.6 is 0 Å². The number of benzene rings is 2. The van der Waals surface area contributed by atoms with Gasteiger partial charge in [0.25, 0.3) is 5.91 Å². The van der Waals surface area contributed by atoms with Crippen LogP contribution in [0.1, 0.15) is 30.1 Å². The van der Waals surface area contributed by atoms with Crippen molar-refractivity contribution in [2.75, 3.05) is 6.61 Å². The second-order valence-electron chi connectivity index (χ2n) is 6.28. The van der Waals surface area contributed by atoms with E-state index in [4.69, 9.17) is 9.15 Å². The quantitative estimate of drug-likeness (QED) is 0.721. The minimum Gasteiger partial charge on any atom is -0.494 e. The van der Waals surface area contributed by atoms with E-state index in [9.17, 15) is 4.79 Å². The second kappa shape index (κ2) is 7.04. The summed E-state index contributed by atoms with van der Waals surface area (Å²) in [4.78, 5) is 16.9. The van der Waals surface area contributed by atoms with Gasteiger partial charge in [-0.3, -0.25) is 4.79 Å². The van der Waals surface area contributed by atoms with Crippen LogP contribution in [0.25, 0.3) is 22.8 Å². The molecule has 0 spiro atoms. The minimum absolute atomic E-state index is 0.0797. The van der Waals surface area contributed by atoms with Gasteiger partial charge in [-0.15, -0.1) is 0 Å². The third-order valence-electron chi connectivity index (χ3n) is 4.27. The molecule has 5 heteroatoms. The number of hydrogen-bond donors (Lipinski definition) is 1. The third kappa shape index (κ3) is 3.47. The Morgan fingerprint density at radius 3 is 2.69 bits per heavy atom. The largest absolute Gasteiger partial charge is 0.494 e. The highest BCUT2D eigenvalue weighted by Gasteiger charge is 2.25. The summed E-state index contributed by atoms with van der Waals surface area (Å²) in [5.74, 6) is 1.83. The Kier molecular flexibility index (Phi) is 4.44. The third-order valence-corrected chi connectivity index (χ3v) is 4.27. The van der Waals surface area contributed by atoms with Crippen LogP contribution in [0.4, 0.5) is 0 Å². The maximum absolute atomic E-state index is 12.5. The molecular formula is C21H20N2O3. The number of carbonyl (C=O) groups is 1. The van der Waals surface area contributed by atoms with Gasteiger partial charge in [0.05, 0.1) is 18.4 Å². The van der Waals surface area contributed by atoms with Crippen molar-refractivity contribution < 1.29 is 13.9 Å². The topological polar surface area (TPSA) is 64.4 Å². The van der Waals surface area contributed by atoms with Crippen LogP contribution in [-0.4, -0.2) is 23.5 Å². The first-order valence-electron chi connectivity index (χ1n) is 8.84. The summed E-state index contributed by atoms with van der Waals surface area (Å²) >= 11 is 0. The Hall–Kier alpha value is -3.08. The number of nitrogens with zero attached hydrogens (tertiary/aromatic N) is 1. The van der Waals surface area contributed by atoms with Gasteiger partial charge in [-0.1, -0.05) is 12.1 Å². The monoisotopic (exact) mass is 348 g/mol. The highest BCUT2D eigenvalue weighted by molar-refractivity contribution is 6.00. The molecule has 1 heterocycles. The molecule has 3 aromatic rings. The van der Waals surface area contributed by atoms with Crippen LogP contribution in [0, 0.1) is 0 Å². The van der Waals surface area contributed by atoms with Crippen molar-refractivity contribution in [1.29, 1.82) is 0 Å². The number of ether oxygens (including phenoxy) is 1. The van der Waals surface area contributed by atoms with Gasteiger partial charge in [0, 0.05) is 17.2 Å². The van der Waals surface area contributed by atoms with E-state index in [0.717, 1.165) is 24.2 Å². The molecule has 1 amide bonds. The zero-order chi connectivity index (χ0) is 17.9. The summed E-state index contributed by atoms with van der Waals surface area (Å²) < 4.78 is 11.4. The number of aromatic nitrogens is 1. The van der Waals surface area contributed by atoms with Gasteiger partial charge in [-0.2, -0.15) is 0 Å². The number of oxazole rings is 1. The smallest absolute Gasteiger partial charge is 0.252 e. The van der Waals surface area contributed by atoms with E-state index in [-0.39, 0.29) is 5.91 Å². The molecule has 1 N–H and O–H groups in total. The van der Waals surface area contributed by atoms with E-state index in [2.05, 4.69) is 10.3 Å². The molecule has 26 heavy (non-hydrogen) atoms. The van der Waals surface area contributed by atoms with Gasteiger partial charge in [0.2, 0.25) is 5.89 Å². The van der Waals surface area contributed by atoms with Crippen molar-refractivity contribution in [3.05, 3.63) is 60.3 Å². The molecule has 2 aromatic carbocycles. The maximum atomic E-state index is 12.5. The molecular weight excluding hydrogens is 328 g/mol. The fourth-order valence-corrected chi connectivity index (χ4v) is 2.77. The fraction of sp³-hybridized carbons (Fsp3) is 0.238. The molecule has 0 bridgehead atoms. The van der Waals surface area contributed by atoms with Crippen LogP contribution in [0.2, 0.25) is 0 Å². The zero-order valence-corrected chi connectivity index (χ0v) is 14.6. The number of amides is 1. The van der Waals surface area contributed by atoms with Gasteiger partial charge in [0.15, 0.2) is 5.76 Å². The Morgan fingerprint density at radius 2 is 1.96 bits per heavy atom. The van der Waals surface area contributed by atoms with Crippen LogP contribution in [-0.2, 0) is 0 Å². The van der Waals surface area contributed by atoms with Crippen molar-refractivity contribution >= 4 is 5.91 Å². The lowest BCUT2D eigenvalue weighted by Crippen LogP contribution is -2.25. The second-order valence-corrected chi connectivity index (χ2v) is 6.28. The molecule has 0 saturated heterocycles. The van der Waals surface area contributed by atoms with Gasteiger partial charge < -0.3 is 14.5 Å². The SMILES string of the molecule is CCOc1ccc(-c2cnc(-c3ccccc3C(=O)NC3CC3)o2)cc1. The molecule has 1 saturated carbocycles. The van der Waals surface area contributed by atoms with E-state index >= 15 is 0 Å². The van der Waals surface area contributed by atoms with Crippen LogP contribution in [0.15, 0.2) is 59.1 Å². The molecule has 0 radical (unpaired) electrons. The first kappa shape index (κ1) is 16.4. The van der Waals surface area contributed by atoms with Crippen LogP contribution in [0.5, 0.6) is 5.75 Å². The van der Waals surface area contributed by atoms with Crippen molar-refractivity contribution in [2.24, 2.45) is 0 Å². The van der Waals surface area contributed by atoms with E-state index in [1.165, 1.54) is 0 Å². The van der Waals surface area contributed by atoms with Crippen molar-refractivity contribution in [2.45, 2.75) is 25.8 Å². The Labute approximate surface area is 152 Å². The minimum atomic E-state index is -0.0797. The zero-order valence-electron chi connectivity index (χ0n) is 14.6.